The molecule has 3 heteroatoms. The summed E-state index contributed by atoms with van der Waals surface area (Å²) in [6.45, 7) is 9.02. The monoisotopic (exact) mass is 247 g/mol. The maximum Gasteiger partial charge on any atom is 0.0246 e. The molecule has 2 nitrogen and oxygen atoms in total. The van der Waals surface area contributed by atoms with Crippen molar-refractivity contribution in [2.45, 2.75) is 65.5 Å². The van der Waals surface area contributed by atoms with Gasteiger partial charge in [-0.2, -0.15) is 0 Å². The minimum Gasteiger partial charge on any atom is -0.311 e. The van der Waals surface area contributed by atoms with Crippen LogP contribution < -0.4 is 5.32 Å². The van der Waals surface area contributed by atoms with Crippen LogP contribution in [0.1, 0.15) is 53.4 Å². The van der Waals surface area contributed by atoms with Gasteiger partial charge in [-0.3, -0.25) is 4.21 Å². The lowest BCUT2D eigenvalue weighted by molar-refractivity contribution is 0.315. The molecule has 4 atom stereocenters. The Labute approximate surface area is 104 Å². The van der Waals surface area contributed by atoms with Crippen molar-refractivity contribution in [1.82, 2.24) is 5.32 Å². The number of hydrogen-bond acceptors (Lipinski definition) is 2. The first-order valence-electron chi connectivity index (χ1n) is 6.57. The van der Waals surface area contributed by atoms with Crippen LogP contribution in [0.2, 0.25) is 0 Å². The Kier molecular flexibility index (Phi) is 9.24. The summed E-state index contributed by atoms with van der Waals surface area (Å²) < 4.78 is 11.0. The zero-order valence-electron chi connectivity index (χ0n) is 11.6. The summed E-state index contributed by atoms with van der Waals surface area (Å²) in [6, 6.07) is 1.09. The molecule has 0 amide bonds. The molecule has 0 heterocycles. The minimum absolute atomic E-state index is 0.480. The molecule has 0 fully saturated rings. The van der Waals surface area contributed by atoms with Gasteiger partial charge in [0.2, 0.25) is 0 Å². The molecule has 98 valence electrons. The van der Waals surface area contributed by atoms with Crippen LogP contribution in [-0.4, -0.2) is 28.3 Å². The second kappa shape index (κ2) is 9.17. The summed E-state index contributed by atoms with van der Waals surface area (Å²) in [6.07, 6.45) is 6.52. The van der Waals surface area contributed by atoms with Gasteiger partial charge in [-0.25, -0.2) is 0 Å². The Morgan fingerprint density at radius 3 is 2.25 bits per heavy atom. The van der Waals surface area contributed by atoms with Crippen molar-refractivity contribution in [3.63, 3.8) is 0 Å². The molecular weight excluding hydrogens is 218 g/mol. The van der Waals surface area contributed by atoms with E-state index in [1.54, 1.807) is 6.26 Å². The van der Waals surface area contributed by atoms with Crippen LogP contribution in [-0.2, 0) is 10.8 Å². The fourth-order valence-corrected chi connectivity index (χ4v) is 2.82. The third-order valence-electron chi connectivity index (χ3n) is 3.21. The predicted molar refractivity (Wildman–Crippen MR) is 74.3 cm³/mol. The van der Waals surface area contributed by atoms with Gasteiger partial charge in [0.15, 0.2) is 0 Å². The van der Waals surface area contributed by atoms with Gasteiger partial charge in [-0.15, -0.1) is 0 Å². The van der Waals surface area contributed by atoms with Crippen LogP contribution in [0.4, 0.5) is 0 Å². The minimum atomic E-state index is -0.657. The summed E-state index contributed by atoms with van der Waals surface area (Å²) in [5.41, 5.74) is 0. The largest absolute Gasteiger partial charge is 0.311 e. The van der Waals surface area contributed by atoms with Crippen LogP contribution in [0.15, 0.2) is 0 Å². The van der Waals surface area contributed by atoms with E-state index in [9.17, 15) is 4.21 Å². The molecule has 0 bridgehead atoms. The molecular formula is C13H29NOS. The van der Waals surface area contributed by atoms with Gasteiger partial charge in [0, 0.05) is 34.9 Å². The van der Waals surface area contributed by atoms with E-state index in [0.29, 0.717) is 12.1 Å². The fourth-order valence-electron chi connectivity index (χ4n) is 2.13. The molecule has 0 aromatic heterocycles. The van der Waals surface area contributed by atoms with Gasteiger partial charge in [0.05, 0.1) is 0 Å². The zero-order valence-corrected chi connectivity index (χ0v) is 12.4. The van der Waals surface area contributed by atoms with Crippen molar-refractivity contribution >= 4 is 10.8 Å². The quantitative estimate of drug-likeness (QED) is 0.679. The third kappa shape index (κ3) is 7.39. The van der Waals surface area contributed by atoms with Crippen LogP contribution in [0.3, 0.4) is 0 Å². The Hall–Kier alpha value is 0.110. The Morgan fingerprint density at radius 1 is 1.19 bits per heavy atom. The zero-order chi connectivity index (χ0) is 12.6. The van der Waals surface area contributed by atoms with E-state index < -0.39 is 10.8 Å². The van der Waals surface area contributed by atoms with Crippen LogP contribution >= 0.6 is 0 Å². The fraction of sp³-hybridized carbons (Fsp3) is 1.00. The van der Waals surface area contributed by atoms with Gasteiger partial charge in [0.1, 0.15) is 0 Å². The second-order valence-corrected chi connectivity index (χ2v) is 6.47. The summed E-state index contributed by atoms with van der Waals surface area (Å²) in [5, 5.41) is 3.67. The predicted octanol–water partition coefficient (Wildman–Crippen LogP) is 2.95. The molecule has 0 aliphatic carbocycles. The van der Waals surface area contributed by atoms with Gasteiger partial charge in [0.25, 0.3) is 0 Å². The van der Waals surface area contributed by atoms with Crippen LogP contribution in [0.25, 0.3) is 0 Å². The molecule has 0 saturated carbocycles. The number of nitrogens with one attached hydrogen (secondary N) is 1. The van der Waals surface area contributed by atoms with E-state index >= 15 is 0 Å². The summed E-state index contributed by atoms with van der Waals surface area (Å²) in [5.74, 6) is 1.55. The molecule has 0 aliphatic heterocycles. The second-order valence-electron chi connectivity index (χ2n) is 4.91. The molecule has 0 rings (SSSR count). The first kappa shape index (κ1) is 16.1. The topological polar surface area (TPSA) is 29.1 Å². The van der Waals surface area contributed by atoms with Crippen molar-refractivity contribution in [2.75, 3.05) is 12.0 Å². The van der Waals surface area contributed by atoms with Gasteiger partial charge >= 0.3 is 0 Å². The van der Waals surface area contributed by atoms with Crippen molar-refractivity contribution < 1.29 is 4.21 Å². The first-order valence-corrected chi connectivity index (χ1v) is 8.30. The average Bonchev–Trinajstić information content (AvgIpc) is 2.23. The van der Waals surface area contributed by atoms with E-state index in [1.165, 1.54) is 19.3 Å². The van der Waals surface area contributed by atoms with Crippen molar-refractivity contribution in [1.29, 1.82) is 0 Å². The molecule has 0 aliphatic rings. The van der Waals surface area contributed by atoms with Crippen LogP contribution in [0.5, 0.6) is 0 Å². The van der Waals surface area contributed by atoms with E-state index in [0.717, 1.165) is 18.1 Å². The highest BCUT2D eigenvalue weighted by atomic mass is 32.2. The Bertz CT molecular complexity index is 196. The molecule has 0 radical (unpaired) electrons. The highest BCUT2D eigenvalue weighted by molar-refractivity contribution is 7.84. The standard InChI is InChI=1S/C13H29NOS/c1-6-8-11(3)13(7-2)14-12(4)9-10-16(5)15/h11-14H,6-10H2,1-5H3. The molecule has 0 spiro atoms. The number of hydrogen-bond donors (Lipinski definition) is 1. The maximum atomic E-state index is 11.0. The molecule has 4 unspecified atom stereocenters. The molecule has 1 N–H and O–H groups in total. The maximum absolute atomic E-state index is 11.0. The lowest BCUT2D eigenvalue weighted by atomic mass is 9.94. The molecule has 0 aromatic rings. The molecule has 16 heavy (non-hydrogen) atoms. The Morgan fingerprint density at radius 2 is 1.81 bits per heavy atom. The van der Waals surface area contributed by atoms with E-state index in [-0.39, 0.29) is 0 Å². The summed E-state index contributed by atoms with van der Waals surface area (Å²) in [4.78, 5) is 0. The number of rotatable bonds is 9. The lowest BCUT2D eigenvalue weighted by Crippen LogP contribution is -2.40. The Balaban J connectivity index is 3.95. The highest BCUT2D eigenvalue weighted by Crippen LogP contribution is 2.14. The van der Waals surface area contributed by atoms with Gasteiger partial charge < -0.3 is 5.32 Å². The van der Waals surface area contributed by atoms with Crippen molar-refractivity contribution in [3.05, 3.63) is 0 Å². The first-order chi connectivity index (χ1) is 7.51. The van der Waals surface area contributed by atoms with Crippen LogP contribution in [0, 0.1) is 5.92 Å². The molecule has 0 aromatic carbocycles. The normalized spacial score (nSPS) is 19.1. The van der Waals surface area contributed by atoms with Gasteiger partial charge in [-0.05, 0) is 32.1 Å². The summed E-state index contributed by atoms with van der Waals surface area (Å²) >= 11 is 0. The lowest BCUT2D eigenvalue weighted by Gasteiger charge is -2.27. The third-order valence-corrected chi connectivity index (χ3v) is 4.02. The molecule has 0 saturated heterocycles. The van der Waals surface area contributed by atoms with E-state index in [1.807, 2.05) is 0 Å². The SMILES string of the molecule is CCCC(C)C(CC)NC(C)CCS(C)=O. The average molecular weight is 247 g/mol. The highest BCUT2D eigenvalue weighted by Gasteiger charge is 2.16. The van der Waals surface area contributed by atoms with Crippen molar-refractivity contribution in [3.8, 4) is 0 Å². The van der Waals surface area contributed by atoms with E-state index in [2.05, 4.69) is 33.0 Å². The smallest absolute Gasteiger partial charge is 0.0246 e. The van der Waals surface area contributed by atoms with Crippen molar-refractivity contribution in [2.24, 2.45) is 5.92 Å². The van der Waals surface area contributed by atoms with Gasteiger partial charge in [-0.1, -0.05) is 27.2 Å². The van der Waals surface area contributed by atoms with E-state index in [4.69, 9.17) is 0 Å². The summed E-state index contributed by atoms with van der Waals surface area (Å²) in [7, 11) is -0.657.